The highest BCUT2D eigenvalue weighted by Crippen LogP contribution is 2.44. The van der Waals surface area contributed by atoms with Crippen LogP contribution >= 0.6 is 0 Å². The Labute approximate surface area is 370 Å². The zero-order valence-corrected chi connectivity index (χ0v) is 34.9. The first-order chi connectivity index (χ1) is 31.7. The van der Waals surface area contributed by atoms with E-state index in [4.69, 9.17) is 4.98 Å². The molecule has 13 aromatic rings. The van der Waals surface area contributed by atoms with Gasteiger partial charge in [-0.3, -0.25) is 4.57 Å². The number of rotatable bonds is 7. The first kappa shape index (κ1) is 36.2. The molecule has 3 heteroatoms. The van der Waals surface area contributed by atoms with E-state index >= 15 is 0 Å². The van der Waals surface area contributed by atoms with Gasteiger partial charge in [-0.1, -0.05) is 188 Å². The average Bonchev–Trinajstić information content (AvgIpc) is 3.90. The number of hydrogen-bond donors (Lipinski definition) is 0. The van der Waals surface area contributed by atoms with Crippen molar-refractivity contribution in [1.29, 1.82) is 0 Å². The number of nitrogens with zero attached hydrogens (tertiary/aromatic N) is 3. The van der Waals surface area contributed by atoms with Crippen molar-refractivity contribution in [3.05, 3.63) is 237 Å². The minimum Gasteiger partial charge on any atom is -0.309 e. The Balaban J connectivity index is 1.01. The molecule has 0 aliphatic heterocycles. The average molecular weight is 814 g/mol. The summed E-state index contributed by atoms with van der Waals surface area (Å²) < 4.78 is 4.79. The van der Waals surface area contributed by atoms with Crippen LogP contribution in [0.4, 0.5) is 0 Å². The maximum atomic E-state index is 5.53. The van der Waals surface area contributed by atoms with Gasteiger partial charge < -0.3 is 4.57 Å². The predicted octanol–water partition coefficient (Wildman–Crippen LogP) is 16.2. The van der Waals surface area contributed by atoms with Crippen molar-refractivity contribution in [3.63, 3.8) is 0 Å². The molecule has 0 aliphatic carbocycles. The molecule has 0 amide bonds. The summed E-state index contributed by atoms with van der Waals surface area (Å²) in [7, 11) is 0. The largest absolute Gasteiger partial charge is 0.309 e. The van der Waals surface area contributed by atoms with Crippen LogP contribution in [0, 0.1) is 0 Å². The van der Waals surface area contributed by atoms with Crippen LogP contribution < -0.4 is 0 Å². The Morgan fingerprint density at radius 1 is 0.281 bits per heavy atom. The summed E-state index contributed by atoms with van der Waals surface area (Å²) in [5.41, 5.74) is 17.3. The fourth-order valence-electron chi connectivity index (χ4n) is 10.1. The second kappa shape index (κ2) is 14.5. The van der Waals surface area contributed by atoms with E-state index in [1.54, 1.807) is 0 Å². The van der Waals surface area contributed by atoms with Crippen LogP contribution in [0.1, 0.15) is 0 Å². The molecule has 0 saturated heterocycles. The minimum absolute atomic E-state index is 0.887. The van der Waals surface area contributed by atoms with Crippen molar-refractivity contribution in [2.45, 2.75) is 0 Å². The zero-order valence-electron chi connectivity index (χ0n) is 34.9. The highest BCUT2D eigenvalue weighted by Gasteiger charge is 2.22. The SMILES string of the molecule is c1ccc(-c2ccc(-c3cc(-c4ccc(-c5ccccc5)cc4)nc(-n4c5cccc6ccc7c(-c8ccc9c%10ccccc%10n(-c%10ccccc%10)c9c8)ccc4c7c65)c3)cc2)cc1. The summed E-state index contributed by atoms with van der Waals surface area (Å²) in [4.78, 5) is 5.53. The van der Waals surface area contributed by atoms with E-state index in [0.29, 0.717) is 0 Å². The molecule has 0 atom stereocenters. The maximum absolute atomic E-state index is 5.53. The predicted molar refractivity (Wildman–Crippen MR) is 269 cm³/mol. The Hall–Kier alpha value is -8.53. The molecule has 3 heterocycles. The van der Waals surface area contributed by atoms with Gasteiger partial charge in [0.25, 0.3) is 0 Å². The molecular weight excluding hydrogens is 775 g/mol. The lowest BCUT2D eigenvalue weighted by Gasteiger charge is -2.14. The molecule has 64 heavy (non-hydrogen) atoms. The number of aromatic nitrogens is 3. The lowest BCUT2D eigenvalue weighted by molar-refractivity contribution is 1.08. The molecule has 13 rings (SSSR count). The lowest BCUT2D eigenvalue weighted by Crippen LogP contribution is -2.00. The standard InChI is InChI=1S/C61H39N3/c1-4-13-40(14-5-1)42-23-25-44(26-24-42)48-37-54(45-29-27-43(28-30-45)41-15-6-2-7-16-41)62-59(39-48)64-56-22-12-17-46-31-34-53-50(35-36-57(64)61(53)60(46)56)47-32-33-52-51-20-10-11-21-55(51)63(58(52)38-47)49-18-8-3-9-19-49/h1-39H. The smallest absolute Gasteiger partial charge is 0.138 e. The molecule has 0 N–H and O–H groups in total. The van der Waals surface area contributed by atoms with Gasteiger partial charge in [0.15, 0.2) is 0 Å². The van der Waals surface area contributed by atoms with E-state index in [1.807, 2.05) is 0 Å². The van der Waals surface area contributed by atoms with Crippen molar-refractivity contribution in [2.75, 3.05) is 0 Å². The van der Waals surface area contributed by atoms with Crippen LogP contribution in [0.15, 0.2) is 237 Å². The van der Waals surface area contributed by atoms with Crippen LogP contribution in [0.25, 0.3) is 122 Å². The van der Waals surface area contributed by atoms with Crippen LogP contribution in [0.3, 0.4) is 0 Å². The van der Waals surface area contributed by atoms with E-state index in [1.165, 1.54) is 76.7 Å². The van der Waals surface area contributed by atoms with Gasteiger partial charge in [-0.15, -0.1) is 0 Å². The second-order valence-electron chi connectivity index (χ2n) is 16.7. The fourth-order valence-corrected chi connectivity index (χ4v) is 10.1. The normalized spacial score (nSPS) is 11.8. The monoisotopic (exact) mass is 813 g/mol. The van der Waals surface area contributed by atoms with Gasteiger partial charge in [-0.25, -0.2) is 4.98 Å². The fraction of sp³-hybridized carbons (Fsp3) is 0. The van der Waals surface area contributed by atoms with Crippen molar-refractivity contribution >= 4 is 54.4 Å². The van der Waals surface area contributed by atoms with Crippen molar-refractivity contribution in [1.82, 2.24) is 14.1 Å². The van der Waals surface area contributed by atoms with E-state index in [2.05, 4.69) is 246 Å². The Bertz CT molecular complexity index is 3740. The quantitative estimate of drug-likeness (QED) is 0.147. The molecule has 0 aliphatic rings. The first-order valence-electron chi connectivity index (χ1n) is 21.9. The third-order valence-corrected chi connectivity index (χ3v) is 13.1. The molecule has 0 bridgehead atoms. The van der Waals surface area contributed by atoms with Gasteiger partial charge in [0.2, 0.25) is 0 Å². The maximum Gasteiger partial charge on any atom is 0.138 e. The highest BCUT2D eigenvalue weighted by atomic mass is 15.1. The van der Waals surface area contributed by atoms with E-state index in [-0.39, 0.29) is 0 Å². The number of hydrogen-bond acceptors (Lipinski definition) is 1. The summed E-state index contributed by atoms with van der Waals surface area (Å²) >= 11 is 0. The molecule has 10 aromatic carbocycles. The summed E-state index contributed by atoms with van der Waals surface area (Å²) in [5.74, 6) is 0.887. The second-order valence-corrected chi connectivity index (χ2v) is 16.7. The molecule has 0 fully saturated rings. The number of para-hydroxylation sites is 2. The molecule has 3 nitrogen and oxygen atoms in total. The third-order valence-electron chi connectivity index (χ3n) is 13.1. The molecule has 0 spiro atoms. The molecule has 0 unspecified atom stereocenters. The highest BCUT2D eigenvalue weighted by molar-refractivity contribution is 6.26. The number of pyridine rings is 1. The summed E-state index contributed by atoms with van der Waals surface area (Å²) in [6, 6.07) is 85.7. The van der Waals surface area contributed by atoms with Gasteiger partial charge >= 0.3 is 0 Å². The number of benzene rings is 10. The Kier molecular flexibility index (Phi) is 8.22. The number of fused-ring (bicyclic) bond motifs is 3. The van der Waals surface area contributed by atoms with Crippen LogP contribution in [0.2, 0.25) is 0 Å². The summed E-state index contributed by atoms with van der Waals surface area (Å²) in [6.45, 7) is 0. The van der Waals surface area contributed by atoms with Crippen molar-refractivity contribution < 1.29 is 0 Å². The van der Waals surface area contributed by atoms with E-state index in [9.17, 15) is 0 Å². The Morgan fingerprint density at radius 2 is 0.828 bits per heavy atom. The molecule has 0 radical (unpaired) electrons. The molecule has 298 valence electrons. The minimum atomic E-state index is 0.887. The van der Waals surface area contributed by atoms with Crippen molar-refractivity contribution in [3.8, 4) is 67.3 Å². The summed E-state index contributed by atoms with van der Waals surface area (Å²) in [6.07, 6.45) is 0. The van der Waals surface area contributed by atoms with Crippen LogP contribution in [-0.4, -0.2) is 14.1 Å². The molecule has 0 saturated carbocycles. The lowest BCUT2D eigenvalue weighted by atomic mass is 9.94. The third kappa shape index (κ3) is 5.79. The zero-order chi connectivity index (χ0) is 42.1. The van der Waals surface area contributed by atoms with Crippen LogP contribution in [0.5, 0.6) is 0 Å². The topological polar surface area (TPSA) is 22.8 Å². The van der Waals surface area contributed by atoms with Gasteiger partial charge in [-0.2, -0.15) is 0 Å². The first-order valence-corrected chi connectivity index (χ1v) is 21.9. The van der Waals surface area contributed by atoms with E-state index < -0.39 is 0 Å². The van der Waals surface area contributed by atoms with Gasteiger partial charge in [0.1, 0.15) is 5.82 Å². The van der Waals surface area contributed by atoms with Gasteiger partial charge in [-0.05, 0) is 104 Å². The Morgan fingerprint density at radius 3 is 1.55 bits per heavy atom. The van der Waals surface area contributed by atoms with Crippen molar-refractivity contribution in [2.24, 2.45) is 0 Å². The van der Waals surface area contributed by atoms with E-state index in [0.717, 1.165) is 44.9 Å². The van der Waals surface area contributed by atoms with Gasteiger partial charge in [0, 0.05) is 32.8 Å². The molecule has 3 aromatic heterocycles. The summed E-state index contributed by atoms with van der Waals surface area (Å²) in [5, 5.41) is 7.46. The molecular formula is C61H39N3. The van der Waals surface area contributed by atoms with Crippen LogP contribution in [-0.2, 0) is 0 Å². The van der Waals surface area contributed by atoms with Gasteiger partial charge in [0.05, 0.1) is 27.8 Å².